The zero-order chi connectivity index (χ0) is 43.5. The van der Waals surface area contributed by atoms with Crippen LogP contribution in [-0.4, -0.2) is 37.9 Å². The van der Waals surface area contributed by atoms with E-state index in [1.165, 1.54) is 51.4 Å². The third-order valence-electron chi connectivity index (χ3n) is 9.51. The van der Waals surface area contributed by atoms with Crippen molar-refractivity contribution in [2.75, 3.05) is 19.8 Å². The number of ether oxygens (including phenoxy) is 3. The van der Waals surface area contributed by atoms with Crippen LogP contribution < -0.4 is 0 Å². The van der Waals surface area contributed by atoms with E-state index in [1.54, 1.807) is 0 Å². The zero-order valence-corrected chi connectivity index (χ0v) is 38.7. The number of esters is 2. The summed E-state index contributed by atoms with van der Waals surface area (Å²) < 4.78 is 17.2. The van der Waals surface area contributed by atoms with E-state index in [4.69, 9.17) is 14.2 Å². The molecule has 338 valence electrons. The van der Waals surface area contributed by atoms with E-state index >= 15 is 0 Å². The third kappa shape index (κ3) is 47.0. The Kier molecular flexibility index (Phi) is 46.6. The van der Waals surface area contributed by atoms with Crippen molar-refractivity contribution in [1.82, 2.24) is 0 Å². The summed E-state index contributed by atoms with van der Waals surface area (Å²) in [5.74, 6) is -0.551. The average Bonchev–Trinajstić information content (AvgIpc) is 3.25. The molecule has 0 saturated carbocycles. The topological polar surface area (TPSA) is 61.8 Å². The number of hydrogen-bond donors (Lipinski definition) is 0. The van der Waals surface area contributed by atoms with E-state index in [9.17, 15) is 9.59 Å². The van der Waals surface area contributed by atoms with E-state index in [1.807, 2.05) is 6.08 Å². The highest BCUT2D eigenvalue weighted by molar-refractivity contribution is 5.70. The first-order valence-electron chi connectivity index (χ1n) is 24.1. The highest BCUT2D eigenvalue weighted by Crippen LogP contribution is 2.11. The second-order valence-corrected chi connectivity index (χ2v) is 15.3. The van der Waals surface area contributed by atoms with Gasteiger partial charge >= 0.3 is 11.9 Å². The number of hydrogen-bond acceptors (Lipinski definition) is 5. The number of carbonyl (C=O) groups is 2. The summed E-state index contributed by atoms with van der Waals surface area (Å²) >= 11 is 0. The average molecular weight is 829 g/mol. The molecule has 0 rings (SSSR count). The molecule has 0 aliphatic heterocycles. The normalized spacial score (nSPS) is 13.3. The fourth-order valence-corrected chi connectivity index (χ4v) is 6.00. The molecule has 0 saturated heterocycles. The van der Waals surface area contributed by atoms with E-state index < -0.39 is 6.10 Å². The molecule has 0 aliphatic carbocycles. The molecular formula is C55H88O5. The quantitative estimate of drug-likeness (QED) is 0.0348. The van der Waals surface area contributed by atoms with Crippen LogP contribution in [0.5, 0.6) is 0 Å². The summed E-state index contributed by atoms with van der Waals surface area (Å²) in [6.45, 7) is 7.44. The van der Waals surface area contributed by atoms with E-state index in [0.717, 1.165) is 96.3 Å². The van der Waals surface area contributed by atoms with Crippen LogP contribution in [0.1, 0.15) is 188 Å². The van der Waals surface area contributed by atoms with E-state index in [2.05, 4.69) is 136 Å². The molecule has 0 N–H and O–H groups in total. The lowest BCUT2D eigenvalue weighted by Crippen LogP contribution is -2.30. The van der Waals surface area contributed by atoms with Crippen LogP contribution in [0.2, 0.25) is 0 Å². The number of allylic oxidation sites excluding steroid dienone is 20. The Morgan fingerprint density at radius 3 is 1.23 bits per heavy atom. The third-order valence-corrected chi connectivity index (χ3v) is 9.51. The van der Waals surface area contributed by atoms with Gasteiger partial charge in [-0.15, -0.1) is 0 Å². The first-order valence-corrected chi connectivity index (χ1v) is 24.1. The summed E-state index contributed by atoms with van der Waals surface area (Å²) in [6.07, 6.45) is 69.3. The lowest BCUT2D eigenvalue weighted by molar-refractivity contribution is -0.162. The Hall–Kier alpha value is -3.70. The molecule has 0 aromatic heterocycles. The van der Waals surface area contributed by atoms with Gasteiger partial charge in [0.05, 0.1) is 6.61 Å². The Balaban J connectivity index is 4.44. The van der Waals surface area contributed by atoms with Gasteiger partial charge in [-0.05, 0) is 96.3 Å². The van der Waals surface area contributed by atoms with Crippen LogP contribution in [0.25, 0.3) is 0 Å². The van der Waals surface area contributed by atoms with Crippen molar-refractivity contribution in [2.24, 2.45) is 0 Å². The minimum Gasteiger partial charge on any atom is -0.462 e. The first kappa shape index (κ1) is 56.3. The molecule has 60 heavy (non-hydrogen) atoms. The lowest BCUT2D eigenvalue weighted by Gasteiger charge is -2.18. The molecule has 1 atom stereocenters. The molecule has 0 radical (unpaired) electrons. The summed E-state index contributed by atoms with van der Waals surface area (Å²) in [5.41, 5.74) is 0. The summed E-state index contributed by atoms with van der Waals surface area (Å²) in [5, 5.41) is 0. The van der Waals surface area contributed by atoms with Gasteiger partial charge in [0.25, 0.3) is 0 Å². The standard InChI is InChI=1S/C55H88O5/c1-4-7-10-13-16-19-22-24-26-27-28-29-31-32-34-36-39-42-45-48-54(56)59-52-53(51-58-50-47-44-41-38-21-18-15-12-9-6-3)60-55(57)49-46-43-40-37-35-33-30-25-23-20-17-14-11-8-5-2/h7-8,10-11,16-17,19-20,24-26,28-30,32,34-35,37,39,42,53H,4-6,9,12-15,18,21-23,27,31,33,36,38,40-41,43-52H2,1-3H3/b10-7-,11-8-,19-16-,20-17-,26-24-,29-28-,30-25-,34-32-,37-35-,42-39-. The maximum atomic E-state index is 12.7. The minimum absolute atomic E-state index is 0.0221. The number of rotatable bonds is 42. The van der Waals surface area contributed by atoms with Crippen LogP contribution in [0.3, 0.4) is 0 Å². The molecule has 0 bridgehead atoms. The Morgan fingerprint density at radius 2 is 0.783 bits per heavy atom. The van der Waals surface area contributed by atoms with Crippen molar-refractivity contribution < 1.29 is 23.8 Å². The van der Waals surface area contributed by atoms with Gasteiger partial charge in [0.2, 0.25) is 0 Å². The second kappa shape index (κ2) is 49.7. The minimum atomic E-state index is -0.593. The van der Waals surface area contributed by atoms with Gasteiger partial charge < -0.3 is 14.2 Å². The fourth-order valence-electron chi connectivity index (χ4n) is 6.00. The van der Waals surface area contributed by atoms with E-state index in [0.29, 0.717) is 25.9 Å². The molecule has 0 aliphatic rings. The molecular weight excluding hydrogens is 741 g/mol. The van der Waals surface area contributed by atoms with Crippen molar-refractivity contribution in [3.05, 3.63) is 122 Å². The predicted octanol–water partition coefficient (Wildman–Crippen LogP) is 16.2. The van der Waals surface area contributed by atoms with Crippen molar-refractivity contribution >= 4 is 11.9 Å². The van der Waals surface area contributed by atoms with Gasteiger partial charge in [-0.1, -0.05) is 200 Å². The largest absolute Gasteiger partial charge is 0.462 e. The maximum Gasteiger partial charge on any atom is 0.306 e. The molecule has 0 aromatic rings. The van der Waals surface area contributed by atoms with Crippen LogP contribution in [-0.2, 0) is 23.8 Å². The predicted molar refractivity (Wildman–Crippen MR) is 260 cm³/mol. The van der Waals surface area contributed by atoms with Gasteiger partial charge in [-0.3, -0.25) is 9.59 Å². The van der Waals surface area contributed by atoms with Gasteiger partial charge in [-0.2, -0.15) is 0 Å². The Labute approximate surface area is 369 Å². The van der Waals surface area contributed by atoms with Crippen LogP contribution >= 0.6 is 0 Å². The first-order chi connectivity index (χ1) is 29.6. The molecule has 0 amide bonds. The second-order valence-electron chi connectivity index (χ2n) is 15.3. The zero-order valence-electron chi connectivity index (χ0n) is 38.7. The molecule has 5 heteroatoms. The summed E-state index contributed by atoms with van der Waals surface area (Å²) in [7, 11) is 0. The highest BCUT2D eigenvalue weighted by atomic mass is 16.6. The van der Waals surface area contributed by atoms with E-state index in [-0.39, 0.29) is 25.2 Å². The van der Waals surface area contributed by atoms with Crippen LogP contribution in [0, 0.1) is 0 Å². The molecule has 0 heterocycles. The molecule has 5 nitrogen and oxygen atoms in total. The lowest BCUT2D eigenvalue weighted by atomic mass is 10.1. The van der Waals surface area contributed by atoms with Crippen molar-refractivity contribution in [2.45, 2.75) is 194 Å². The molecule has 0 aromatic carbocycles. The van der Waals surface area contributed by atoms with Crippen LogP contribution in [0.4, 0.5) is 0 Å². The van der Waals surface area contributed by atoms with Crippen molar-refractivity contribution in [3.8, 4) is 0 Å². The fraction of sp³-hybridized carbons (Fsp3) is 0.600. The SMILES string of the molecule is CC/C=C\C/C=C\C/C=C\C/C=C\C/C=C\C/C=C\CCC(=O)OCC(COCCCCCCCCCCCC)OC(=O)CCCC/C=C\C/C=C\C/C=C\C/C=C\CC. The van der Waals surface area contributed by atoms with Gasteiger partial charge in [0, 0.05) is 19.4 Å². The van der Waals surface area contributed by atoms with Crippen molar-refractivity contribution in [1.29, 1.82) is 0 Å². The summed E-state index contributed by atoms with van der Waals surface area (Å²) in [6, 6.07) is 0. The Bertz CT molecular complexity index is 1260. The monoisotopic (exact) mass is 829 g/mol. The smallest absolute Gasteiger partial charge is 0.306 e. The van der Waals surface area contributed by atoms with Gasteiger partial charge in [0.15, 0.2) is 6.10 Å². The van der Waals surface area contributed by atoms with Gasteiger partial charge in [-0.25, -0.2) is 0 Å². The molecule has 0 spiro atoms. The molecule has 1 unspecified atom stereocenters. The number of unbranched alkanes of at least 4 members (excludes halogenated alkanes) is 11. The summed E-state index contributed by atoms with van der Waals surface area (Å²) in [4.78, 5) is 25.3. The molecule has 0 fully saturated rings. The number of carbonyl (C=O) groups excluding carboxylic acids is 2. The van der Waals surface area contributed by atoms with Gasteiger partial charge in [0.1, 0.15) is 6.61 Å². The Morgan fingerprint density at radius 1 is 0.383 bits per heavy atom. The van der Waals surface area contributed by atoms with Crippen molar-refractivity contribution in [3.63, 3.8) is 0 Å². The highest BCUT2D eigenvalue weighted by Gasteiger charge is 2.17. The maximum absolute atomic E-state index is 12.7. The van der Waals surface area contributed by atoms with Crippen LogP contribution in [0.15, 0.2) is 122 Å².